The van der Waals surface area contributed by atoms with E-state index in [1.807, 2.05) is 42.3 Å². The number of hydrogen-bond donors (Lipinski definition) is 0. The van der Waals surface area contributed by atoms with Gasteiger partial charge in [-0.2, -0.15) is 0 Å². The van der Waals surface area contributed by atoms with Gasteiger partial charge in [-0.1, -0.05) is 12.1 Å². The Balaban J connectivity index is 1.37. The Morgan fingerprint density at radius 2 is 2.23 bits per heavy atom. The molecule has 26 heavy (non-hydrogen) atoms. The van der Waals surface area contributed by atoms with Crippen molar-refractivity contribution in [3.05, 3.63) is 53.4 Å². The number of carbonyl (C=O) groups is 1. The molecule has 1 fully saturated rings. The first kappa shape index (κ1) is 17.2. The number of piperidine rings is 1. The zero-order valence-electron chi connectivity index (χ0n) is 14.9. The van der Waals surface area contributed by atoms with Gasteiger partial charge in [-0.3, -0.25) is 9.69 Å². The Morgan fingerprint density at radius 1 is 1.35 bits per heavy atom. The number of amides is 1. The van der Waals surface area contributed by atoms with E-state index in [1.54, 1.807) is 17.6 Å². The Hall–Kier alpha value is -2.18. The molecule has 1 amide bonds. The van der Waals surface area contributed by atoms with Gasteiger partial charge >= 0.3 is 0 Å². The van der Waals surface area contributed by atoms with Crippen molar-refractivity contribution in [2.45, 2.75) is 25.9 Å². The van der Waals surface area contributed by atoms with Crippen LogP contribution in [-0.4, -0.2) is 40.8 Å². The second kappa shape index (κ2) is 7.60. The largest absolute Gasteiger partial charge is 0.468 e. The molecule has 6 heteroatoms. The lowest BCUT2D eigenvalue weighted by Gasteiger charge is -2.33. The first-order valence-electron chi connectivity index (χ1n) is 9.03. The maximum Gasteiger partial charge on any atom is 0.227 e. The molecular formula is C20H23N3O2S. The molecule has 2 aromatic heterocycles. The van der Waals surface area contributed by atoms with Crippen molar-refractivity contribution in [3.8, 4) is 0 Å². The van der Waals surface area contributed by atoms with Gasteiger partial charge in [0.2, 0.25) is 5.91 Å². The third-order valence-electron chi connectivity index (χ3n) is 4.90. The Labute approximate surface area is 157 Å². The molecule has 4 rings (SSSR count). The lowest BCUT2D eigenvalue weighted by Crippen LogP contribution is -2.43. The summed E-state index contributed by atoms with van der Waals surface area (Å²) in [7, 11) is 1.89. The quantitative estimate of drug-likeness (QED) is 0.687. The summed E-state index contributed by atoms with van der Waals surface area (Å²) in [4.78, 5) is 21.7. The van der Waals surface area contributed by atoms with Crippen LogP contribution in [0.15, 0.2) is 47.1 Å². The molecule has 1 atom stereocenters. The van der Waals surface area contributed by atoms with Crippen molar-refractivity contribution in [1.82, 2.24) is 14.8 Å². The van der Waals surface area contributed by atoms with E-state index >= 15 is 0 Å². The average molecular weight is 369 g/mol. The molecule has 0 unspecified atom stereocenters. The van der Waals surface area contributed by atoms with E-state index in [4.69, 9.17) is 4.42 Å². The normalized spacial score (nSPS) is 18.3. The Morgan fingerprint density at radius 3 is 3.04 bits per heavy atom. The van der Waals surface area contributed by atoms with Crippen molar-refractivity contribution in [2.24, 2.45) is 5.92 Å². The molecule has 1 aliphatic heterocycles. The molecule has 3 heterocycles. The zero-order valence-corrected chi connectivity index (χ0v) is 15.7. The maximum absolute atomic E-state index is 12.9. The lowest BCUT2D eigenvalue weighted by molar-refractivity contribution is -0.136. The first-order valence-corrected chi connectivity index (χ1v) is 9.85. The summed E-state index contributed by atoms with van der Waals surface area (Å²) >= 11 is 1.67. The molecule has 0 radical (unpaired) electrons. The van der Waals surface area contributed by atoms with E-state index in [1.165, 1.54) is 4.70 Å². The summed E-state index contributed by atoms with van der Waals surface area (Å²) in [6.07, 6.45) is 3.71. The fourth-order valence-electron chi connectivity index (χ4n) is 3.60. The topological polar surface area (TPSA) is 49.6 Å². The van der Waals surface area contributed by atoms with Gasteiger partial charge < -0.3 is 9.32 Å². The Bertz CT molecular complexity index is 841. The molecule has 136 valence electrons. The molecule has 1 aliphatic rings. The van der Waals surface area contributed by atoms with E-state index in [0.29, 0.717) is 6.54 Å². The van der Waals surface area contributed by atoms with Crippen molar-refractivity contribution >= 4 is 27.5 Å². The van der Waals surface area contributed by atoms with Crippen LogP contribution in [0, 0.1) is 5.92 Å². The standard InChI is InChI=1S/C20H23N3O2S/c1-22(14-19-21-17-8-2-3-9-18(17)26-19)20(24)15-6-4-10-23(12-15)13-16-7-5-11-25-16/h2-3,5,7-9,11,15H,4,6,10,12-14H2,1H3/t15-/m1/s1. The SMILES string of the molecule is CN(Cc1nc2ccccc2s1)C(=O)[C@@H]1CCCN(Cc2ccco2)C1. The van der Waals surface area contributed by atoms with Crippen LogP contribution < -0.4 is 0 Å². The number of furan rings is 1. The molecule has 0 saturated carbocycles. The molecule has 0 N–H and O–H groups in total. The summed E-state index contributed by atoms with van der Waals surface area (Å²) in [5.41, 5.74) is 1.01. The molecule has 1 aromatic carbocycles. The minimum atomic E-state index is 0.0538. The minimum Gasteiger partial charge on any atom is -0.468 e. The highest BCUT2D eigenvalue weighted by Gasteiger charge is 2.28. The molecule has 0 spiro atoms. The van der Waals surface area contributed by atoms with Gasteiger partial charge in [0.05, 0.1) is 35.5 Å². The van der Waals surface area contributed by atoms with Crippen LogP contribution in [-0.2, 0) is 17.9 Å². The molecular weight excluding hydrogens is 346 g/mol. The number of thiazole rings is 1. The summed E-state index contributed by atoms with van der Waals surface area (Å²) in [6.45, 7) is 3.17. The fraction of sp³-hybridized carbons (Fsp3) is 0.400. The summed E-state index contributed by atoms with van der Waals surface area (Å²) < 4.78 is 6.62. The highest BCUT2D eigenvalue weighted by molar-refractivity contribution is 7.18. The van der Waals surface area contributed by atoms with E-state index in [9.17, 15) is 4.79 Å². The number of hydrogen-bond acceptors (Lipinski definition) is 5. The van der Waals surface area contributed by atoms with E-state index < -0.39 is 0 Å². The van der Waals surface area contributed by atoms with Crippen molar-refractivity contribution < 1.29 is 9.21 Å². The van der Waals surface area contributed by atoms with Crippen molar-refractivity contribution in [3.63, 3.8) is 0 Å². The summed E-state index contributed by atoms with van der Waals surface area (Å²) in [5, 5.41) is 0.991. The van der Waals surface area contributed by atoms with Crippen LogP contribution in [0.1, 0.15) is 23.6 Å². The van der Waals surface area contributed by atoms with Gasteiger partial charge in [0, 0.05) is 13.6 Å². The van der Waals surface area contributed by atoms with E-state index in [2.05, 4.69) is 16.0 Å². The number of carbonyl (C=O) groups excluding carboxylic acids is 1. The number of likely N-dealkylation sites (tertiary alicyclic amines) is 1. The van der Waals surface area contributed by atoms with Gasteiger partial charge in [-0.05, 0) is 43.7 Å². The number of benzene rings is 1. The van der Waals surface area contributed by atoms with Crippen LogP contribution >= 0.6 is 11.3 Å². The molecule has 5 nitrogen and oxygen atoms in total. The number of rotatable bonds is 5. The van der Waals surface area contributed by atoms with Crippen LogP contribution in [0.3, 0.4) is 0 Å². The van der Waals surface area contributed by atoms with E-state index in [-0.39, 0.29) is 11.8 Å². The predicted molar refractivity (Wildman–Crippen MR) is 103 cm³/mol. The highest BCUT2D eigenvalue weighted by Crippen LogP contribution is 2.24. The minimum absolute atomic E-state index is 0.0538. The number of aromatic nitrogens is 1. The molecule has 1 saturated heterocycles. The Kier molecular flexibility index (Phi) is 5.04. The van der Waals surface area contributed by atoms with Gasteiger partial charge in [0.1, 0.15) is 10.8 Å². The third-order valence-corrected chi connectivity index (χ3v) is 5.92. The van der Waals surface area contributed by atoms with Crippen molar-refractivity contribution in [2.75, 3.05) is 20.1 Å². The first-order chi connectivity index (χ1) is 12.7. The monoisotopic (exact) mass is 369 g/mol. The molecule has 3 aromatic rings. The zero-order chi connectivity index (χ0) is 17.9. The van der Waals surface area contributed by atoms with Gasteiger partial charge in [-0.25, -0.2) is 4.98 Å². The van der Waals surface area contributed by atoms with Crippen LogP contribution in [0.5, 0.6) is 0 Å². The molecule has 0 bridgehead atoms. The van der Waals surface area contributed by atoms with Crippen LogP contribution in [0.4, 0.5) is 0 Å². The maximum atomic E-state index is 12.9. The number of nitrogens with zero attached hydrogens (tertiary/aromatic N) is 3. The third kappa shape index (κ3) is 3.81. The summed E-state index contributed by atoms with van der Waals surface area (Å²) in [5.74, 6) is 1.23. The lowest BCUT2D eigenvalue weighted by atomic mass is 9.96. The van der Waals surface area contributed by atoms with E-state index in [0.717, 1.165) is 48.8 Å². The highest BCUT2D eigenvalue weighted by atomic mass is 32.1. The summed E-state index contributed by atoms with van der Waals surface area (Å²) in [6, 6.07) is 12.0. The second-order valence-electron chi connectivity index (χ2n) is 6.92. The molecule has 0 aliphatic carbocycles. The fourth-order valence-corrected chi connectivity index (χ4v) is 4.62. The van der Waals surface area contributed by atoms with Crippen LogP contribution in [0.2, 0.25) is 0 Å². The van der Waals surface area contributed by atoms with Crippen LogP contribution in [0.25, 0.3) is 10.2 Å². The van der Waals surface area contributed by atoms with Crippen molar-refractivity contribution in [1.29, 1.82) is 0 Å². The predicted octanol–water partition coefficient (Wildman–Crippen LogP) is 3.76. The van der Waals surface area contributed by atoms with Gasteiger partial charge in [0.15, 0.2) is 0 Å². The van der Waals surface area contributed by atoms with Gasteiger partial charge in [-0.15, -0.1) is 11.3 Å². The number of para-hydroxylation sites is 1. The number of fused-ring (bicyclic) bond motifs is 1. The average Bonchev–Trinajstić information content (AvgIpc) is 3.30. The second-order valence-corrected chi connectivity index (χ2v) is 8.04. The van der Waals surface area contributed by atoms with Gasteiger partial charge in [0.25, 0.3) is 0 Å². The smallest absolute Gasteiger partial charge is 0.227 e.